The Morgan fingerprint density at radius 2 is 1.85 bits per heavy atom. The summed E-state index contributed by atoms with van der Waals surface area (Å²) in [6, 6.07) is 20.9. The van der Waals surface area contributed by atoms with Crippen LogP contribution >= 0.6 is 0 Å². The number of imidazole rings is 1. The molecule has 0 radical (unpaired) electrons. The van der Waals surface area contributed by atoms with Crippen LogP contribution in [0.4, 0.5) is 0 Å². The molecule has 7 nitrogen and oxygen atoms in total. The van der Waals surface area contributed by atoms with E-state index in [4.69, 9.17) is 4.74 Å². The van der Waals surface area contributed by atoms with Gasteiger partial charge in [-0.3, -0.25) is 9.20 Å². The van der Waals surface area contributed by atoms with Gasteiger partial charge in [-0.25, -0.2) is 4.98 Å². The minimum atomic E-state index is -0.336. The summed E-state index contributed by atoms with van der Waals surface area (Å²) >= 11 is 0. The Morgan fingerprint density at radius 1 is 1.06 bits per heavy atom. The first kappa shape index (κ1) is 21.2. The highest BCUT2D eigenvalue weighted by atomic mass is 16.5. The standard InChI is InChI=1S/C27H21N5O2/c1-17-11-12-23(18(2)14-17)34-26-20(27(33)32-13-7-6-10-24(32)30-26)15-19(16-28)25-29-21-8-4-5-9-22(21)31(25)3/h4-15H,1-3H3/b19-15+. The van der Waals surface area contributed by atoms with Crippen LogP contribution < -0.4 is 10.3 Å². The largest absolute Gasteiger partial charge is 0.438 e. The van der Waals surface area contributed by atoms with Gasteiger partial charge in [0.1, 0.15) is 23.0 Å². The number of hydrogen-bond acceptors (Lipinski definition) is 5. The van der Waals surface area contributed by atoms with Gasteiger partial charge in [0, 0.05) is 13.2 Å². The van der Waals surface area contributed by atoms with Gasteiger partial charge in [0.25, 0.3) is 5.56 Å². The zero-order valence-electron chi connectivity index (χ0n) is 19.0. The van der Waals surface area contributed by atoms with Gasteiger partial charge in [-0.15, -0.1) is 0 Å². The molecule has 0 aliphatic rings. The van der Waals surface area contributed by atoms with Gasteiger partial charge in [-0.1, -0.05) is 35.9 Å². The molecular weight excluding hydrogens is 426 g/mol. The Bertz CT molecular complexity index is 1700. The number of rotatable bonds is 4. The van der Waals surface area contributed by atoms with Crippen LogP contribution in [0.15, 0.2) is 71.7 Å². The van der Waals surface area contributed by atoms with Crippen molar-refractivity contribution < 1.29 is 4.74 Å². The summed E-state index contributed by atoms with van der Waals surface area (Å²) in [5.74, 6) is 1.18. The van der Waals surface area contributed by atoms with E-state index in [9.17, 15) is 10.1 Å². The number of fused-ring (bicyclic) bond motifs is 2. The van der Waals surface area contributed by atoms with Crippen molar-refractivity contribution in [3.05, 3.63) is 99.7 Å². The van der Waals surface area contributed by atoms with Gasteiger partial charge in [0.05, 0.1) is 16.6 Å². The van der Waals surface area contributed by atoms with Crippen molar-refractivity contribution >= 4 is 28.3 Å². The summed E-state index contributed by atoms with van der Waals surface area (Å²) in [6.45, 7) is 3.94. The van der Waals surface area contributed by atoms with Crippen molar-refractivity contribution in [2.75, 3.05) is 0 Å². The molecule has 0 unspecified atom stereocenters. The Balaban J connectivity index is 1.74. The summed E-state index contributed by atoms with van der Waals surface area (Å²) in [5.41, 5.74) is 4.19. The van der Waals surface area contributed by atoms with E-state index in [0.717, 1.165) is 22.2 Å². The fraction of sp³-hybridized carbons (Fsp3) is 0.111. The number of benzene rings is 2. The van der Waals surface area contributed by atoms with E-state index >= 15 is 0 Å². The van der Waals surface area contributed by atoms with Crippen LogP contribution in [0, 0.1) is 25.2 Å². The van der Waals surface area contributed by atoms with Crippen molar-refractivity contribution in [3.63, 3.8) is 0 Å². The van der Waals surface area contributed by atoms with E-state index in [1.165, 1.54) is 10.5 Å². The third-order valence-corrected chi connectivity index (χ3v) is 5.71. The molecule has 0 spiro atoms. The molecule has 3 aromatic heterocycles. The lowest BCUT2D eigenvalue weighted by Crippen LogP contribution is -2.19. The SMILES string of the molecule is Cc1ccc(Oc2nc3ccccn3c(=O)c2/C=C(\C#N)c2nc3ccccc3n2C)c(C)c1. The number of nitrogens with zero attached hydrogens (tertiary/aromatic N) is 5. The van der Waals surface area contributed by atoms with E-state index < -0.39 is 0 Å². The summed E-state index contributed by atoms with van der Waals surface area (Å²) in [7, 11) is 1.84. The maximum absolute atomic E-state index is 13.5. The third kappa shape index (κ3) is 3.61. The zero-order valence-corrected chi connectivity index (χ0v) is 19.0. The van der Waals surface area contributed by atoms with Crippen LogP contribution in [0.5, 0.6) is 11.6 Å². The molecule has 0 saturated heterocycles. The van der Waals surface area contributed by atoms with E-state index in [1.54, 1.807) is 24.4 Å². The maximum atomic E-state index is 13.5. The van der Waals surface area contributed by atoms with Gasteiger partial charge >= 0.3 is 0 Å². The minimum absolute atomic E-state index is 0.134. The molecular formula is C27H21N5O2. The molecule has 2 aromatic carbocycles. The zero-order chi connectivity index (χ0) is 23.8. The summed E-state index contributed by atoms with van der Waals surface area (Å²) in [6.07, 6.45) is 3.15. The van der Waals surface area contributed by atoms with Crippen molar-refractivity contribution in [2.45, 2.75) is 13.8 Å². The first-order valence-electron chi connectivity index (χ1n) is 10.8. The highest BCUT2D eigenvalue weighted by Crippen LogP contribution is 2.29. The Labute approximate surface area is 195 Å². The number of aromatic nitrogens is 4. The van der Waals surface area contributed by atoms with Crippen molar-refractivity contribution in [3.8, 4) is 17.7 Å². The number of nitriles is 1. The molecule has 34 heavy (non-hydrogen) atoms. The van der Waals surface area contributed by atoms with Crippen LogP contribution in [0.25, 0.3) is 28.3 Å². The fourth-order valence-corrected chi connectivity index (χ4v) is 3.98. The Kier molecular flexibility index (Phi) is 5.19. The van der Waals surface area contributed by atoms with Crippen LogP contribution in [0.1, 0.15) is 22.5 Å². The summed E-state index contributed by atoms with van der Waals surface area (Å²) in [5, 5.41) is 10.0. The number of para-hydroxylation sites is 2. The van der Waals surface area contributed by atoms with Crippen molar-refractivity contribution in [2.24, 2.45) is 7.05 Å². The molecule has 0 bridgehead atoms. The summed E-state index contributed by atoms with van der Waals surface area (Å²) < 4.78 is 9.42. The van der Waals surface area contributed by atoms with Gasteiger partial charge in [0.15, 0.2) is 5.82 Å². The number of allylic oxidation sites excluding steroid dienone is 1. The quantitative estimate of drug-likeness (QED) is 0.360. The molecule has 0 atom stereocenters. The van der Waals surface area contributed by atoms with Crippen LogP contribution in [0.3, 0.4) is 0 Å². The second-order valence-corrected chi connectivity index (χ2v) is 8.09. The van der Waals surface area contributed by atoms with E-state index in [1.807, 2.05) is 67.9 Å². The van der Waals surface area contributed by atoms with Gasteiger partial charge < -0.3 is 9.30 Å². The third-order valence-electron chi connectivity index (χ3n) is 5.71. The number of hydrogen-bond donors (Lipinski definition) is 0. The summed E-state index contributed by atoms with van der Waals surface area (Å²) in [4.78, 5) is 22.7. The molecule has 0 aliphatic heterocycles. The van der Waals surface area contributed by atoms with Gasteiger partial charge in [0.2, 0.25) is 5.88 Å². The first-order valence-corrected chi connectivity index (χ1v) is 10.8. The lowest BCUT2D eigenvalue weighted by atomic mass is 10.1. The average Bonchev–Trinajstić information content (AvgIpc) is 3.17. The molecule has 0 N–H and O–H groups in total. The van der Waals surface area contributed by atoms with Gasteiger partial charge in [-0.05, 0) is 55.8 Å². The molecule has 0 aliphatic carbocycles. The highest BCUT2D eigenvalue weighted by molar-refractivity contribution is 5.91. The average molecular weight is 447 g/mol. The lowest BCUT2D eigenvalue weighted by Gasteiger charge is -2.12. The normalized spacial score (nSPS) is 11.6. The minimum Gasteiger partial charge on any atom is -0.438 e. The predicted octanol–water partition coefficient (Wildman–Crippen LogP) is 5.05. The van der Waals surface area contributed by atoms with E-state index in [-0.39, 0.29) is 22.6 Å². The maximum Gasteiger partial charge on any atom is 0.269 e. The molecule has 7 heteroatoms. The monoisotopic (exact) mass is 447 g/mol. The second-order valence-electron chi connectivity index (χ2n) is 8.09. The molecule has 0 amide bonds. The molecule has 0 fully saturated rings. The van der Waals surface area contributed by atoms with Gasteiger partial charge in [-0.2, -0.15) is 10.2 Å². The van der Waals surface area contributed by atoms with Crippen molar-refractivity contribution in [1.82, 2.24) is 18.9 Å². The number of pyridine rings is 1. The molecule has 0 saturated carbocycles. The topological polar surface area (TPSA) is 85.2 Å². The first-order chi connectivity index (χ1) is 16.5. The number of ether oxygens (including phenoxy) is 1. The van der Waals surface area contributed by atoms with Crippen LogP contribution in [0.2, 0.25) is 0 Å². The predicted molar refractivity (Wildman–Crippen MR) is 132 cm³/mol. The highest BCUT2D eigenvalue weighted by Gasteiger charge is 2.18. The van der Waals surface area contributed by atoms with Crippen molar-refractivity contribution in [1.29, 1.82) is 5.26 Å². The lowest BCUT2D eigenvalue weighted by molar-refractivity contribution is 0.457. The smallest absolute Gasteiger partial charge is 0.269 e. The fourth-order valence-electron chi connectivity index (χ4n) is 3.98. The molecule has 5 aromatic rings. The molecule has 3 heterocycles. The molecule has 166 valence electrons. The van der Waals surface area contributed by atoms with Crippen LogP contribution in [-0.2, 0) is 7.05 Å². The van der Waals surface area contributed by atoms with E-state index in [0.29, 0.717) is 17.2 Å². The number of aryl methyl sites for hydroxylation is 3. The second kappa shape index (κ2) is 8.34. The van der Waals surface area contributed by atoms with E-state index in [2.05, 4.69) is 16.0 Å². The van der Waals surface area contributed by atoms with Crippen LogP contribution in [-0.4, -0.2) is 18.9 Å². The molecule has 5 rings (SSSR count). The Hall–Kier alpha value is -4.70. The Morgan fingerprint density at radius 3 is 2.62 bits per heavy atom.